The number of rotatable bonds is 5. The van der Waals surface area contributed by atoms with Gasteiger partial charge in [0.15, 0.2) is 0 Å². The van der Waals surface area contributed by atoms with E-state index in [2.05, 4.69) is 47.1 Å². The number of hydrogen-bond acceptors (Lipinski definition) is 4. The molecule has 0 unspecified atom stereocenters. The van der Waals surface area contributed by atoms with Crippen molar-refractivity contribution in [3.63, 3.8) is 0 Å². The van der Waals surface area contributed by atoms with Gasteiger partial charge >= 0.3 is 0 Å². The van der Waals surface area contributed by atoms with E-state index in [0.717, 1.165) is 65.1 Å². The van der Waals surface area contributed by atoms with Crippen LogP contribution in [0.4, 0.5) is 0 Å². The number of hydrogen-bond donors (Lipinski definition) is 0. The molecule has 2 fully saturated rings. The fourth-order valence-corrected chi connectivity index (χ4v) is 4.05. The fraction of sp³-hybridized carbons (Fsp3) is 0.714. The first-order valence-electron chi connectivity index (χ1n) is 9.82. The first kappa shape index (κ1) is 18.8. The molecule has 140 valence electrons. The molecular weight excluding hydrogens is 312 g/mol. The summed E-state index contributed by atoms with van der Waals surface area (Å²) in [6.07, 6.45) is 4.93. The lowest BCUT2D eigenvalue weighted by atomic mass is 9.97. The van der Waals surface area contributed by atoms with Crippen molar-refractivity contribution in [3.8, 4) is 0 Å². The van der Waals surface area contributed by atoms with Gasteiger partial charge in [-0.05, 0) is 44.7 Å². The number of methoxy groups -OCH3 is 1. The second-order valence-electron chi connectivity index (χ2n) is 7.88. The molecule has 1 aromatic rings. The van der Waals surface area contributed by atoms with E-state index in [4.69, 9.17) is 9.47 Å². The van der Waals surface area contributed by atoms with Gasteiger partial charge in [0.2, 0.25) is 0 Å². The van der Waals surface area contributed by atoms with Crippen LogP contribution in [0.25, 0.3) is 0 Å². The summed E-state index contributed by atoms with van der Waals surface area (Å²) in [5.74, 6) is 0. The van der Waals surface area contributed by atoms with Crippen LogP contribution < -0.4 is 0 Å². The van der Waals surface area contributed by atoms with E-state index in [1.54, 1.807) is 0 Å². The van der Waals surface area contributed by atoms with Crippen LogP contribution in [0.2, 0.25) is 0 Å². The van der Waals surface area contributed by atoms with Crippen molar-refractivity contribution >= 4 is 0 Å². The summed E-state index contributed by atoms with van der Waals surface area (Å²) in [6.45, 7) is 9.66. The van der Waals surface area contributed by atoms with Crippen molar-refractivity contribution in [1.82, 2.24) is 9.80 Å². The Kier molecular flexibility index (Phi) is 6.88. The van der Waals surface area contributed by atoms with Gasteiger partial charge < -0.3 is 14.4 Å². The van der Waals surface area contributed by atoms with Gasteiger partial charge in [-0.1, -0.05) is 30.3 Å². The van der Waals surface area contributed by atoms with E-state index >= 15 is 0 Å². The molecule has 0 aliphatic carbocycles. The molecular formula is C21H34N2O2. The molecule has 0 radical (unpaired) electrons. The van der Waals surface area contributed by atoms with E-state index in [1.165, 1.54) is 12.0 Å². The van der Waals surface area contributed by atoms with Crippen molar-refractivity contribution in [3.05, 3.63) is 35.9 Å². The molecule has 2 heterocycles. The van der Waals surface area contributed by atoms with Gasteiger partial charge in [-0.15, -0.1) is 0 Å². The topological polar surface area (TPSA) is 24.9 Å². The Morgan fingerprint density at radius 3 is 2.68 bits per heavy atom. The maximum atomic E-state index is 6.18. The predicted octanol–water partition coefficient (Wildman–Crippen LogP) is 3.17. The monoisotopic (exact) mass is 346 g/mol. The molecule has 4 nitrogen and oxygen atoms in total. The minimum atomic E-state index is 0.0540. The van der Waals surface area contributed by atoms with Crippen molar-refractivity contribution in [2.75, 3.05) is 46.4 Å². The summed E-state index contributed by atoms with van der Waals surface area (Å²) in [7, 11) is 1.85. The van der Waals surface area contributed by atoms with Crippen LogP contribution in [-0.2, 0) is 16.0 Å². The van der Waals surface area contributed by atoms with E-state index in [1.807, 2.05) is 7.11 Å². The van der Waals surface area contributed by atoms with Crippen LogP contribution in [0.15, 0.2) is 30.3 Å². The van der Waals surface area contributed by atoms with Crippen LogP contribution in [0.1, 0.15) is 38.2 Å². The molecule has 3 rings (SSSR count). The third kappa shape index (κ3) is 5.78. The zero-order valence-electron chi connectivity index (χ0n) is 16.0. The summed E-state index contributed by atoms with van der Waals surface area (Å²) in [4.78, 5) is 5.14. The average molecular weight is 347 g/mol. The maximum absolute atomic E-state index is 6.18. The minimum Gasteiger partial charge on any atom is -0.378 e. The summed E-state index contributed by atoms with van der Waals surface area (Å²) >= 11 is 0. The van der Waals surface area contributed by atoms with Gasteiger partial charge in [-0.2, -0.15) is 0 Å². The highest BCUT2D eigenvalue weighted by Crippen LogP contribution is 2.25. The van der Waals surface area contributed by atoms with Crippen molar-refractivity contribution < 1.29 is 9.47 Å². The molecule has 0 saturated carbocycles. The third-order valence-corrected chi connectivity index (χ3v) is 5.77. The molecule has 0 amide bonds. The first-order chi connectivity index (χ1) is 12.2. The average Bonchev–Trinajstić information content (AvgIpc) is 2.95. The van der Waals surface area contributed by atoms with E-state index in [0.29, 0.717) is 6.10 Å². The minimum absolute atomic E-state index is 0.0540. The summed E-state index contributed by atoms with van der Waals surface area (Å²) in [6, 6.07) is 10.8. The van der Waals surface area contributed by atoms with Crippen LogP contribution in [0, 0.1) is 0 Å². The summed E-state index contributed by atoms with van der Waals surface area (Å²) in [5.41, 5.74) is 1.45. The highest BCUT2D eigenvalue weighted by atomic mass is 16.5. The Hall–Kier alpha value is -0.940. The number of benzene rings is 1. The maximum Gasteiger partial charge on any atom is 0.0828 e. The van der Waals surface area contributed by atoms with Gasteiger partial charge in [-0.3, -0.25) is 4.90 Å². The zero-order chi connectivity index (χ0) is 17.5. The SMILES string of the molecule is CO[C@]1(C)CCCN(C[C@@H]2CN(Cc3ccccc3)CCCO2)CC1. The second kappa shape index (κ2) is 9.13. The van der Waals surface area contributed by atoms with Crippen LogP contribution in [0.3, 0.4) is 0 Å². The standard InChI is InChI=1S/C21H34N2O2/c1-21(24-2)10-6-12-22(14-11-21)17-20-18-23(13-7-15-25-20)16-19-8-4-3-5-9-19/h3-5,8-9,20H,6-7,10-18H2,1-2H3/t20-,21-/m1/s1. The lowest BCUT2D eigenvalue weighted by Gasteiger charge is -2.29. The van der Waals surface area contributed by atoms with E-state index in [9.17, 15) is 0 Å². The largest absolute Gasteiger partial charge is 0.378 e. The Morgan fingerprint density at radius 1 is 1.08 bits per heavy atom. The molecule has 2 aliphatic heterocycles. The Balaban J connectivity index is 1.52. The molecule has 2 saturated heterocycles. The summed E-state index contributed by atoms with van der Waals surface area (Å²) < 4.78 is 11.9. The molecule has 0 spiro atoms. The Morgan fingerprint density at radius 2 is 1.88 bits per heavy atom. The van der Waals surface area contributed by atoms with Gasteiger partial charge in [0.25, 0.3) is 0 Å². The quantitative estimate of drug-likeness (QED) is 0.818. The van der Waals surface area contributed by atoms with Gasteiger partial charge in [0.1, 0.15) is 0 Å². The highest BCUT2D eigenvalue weighted by molar-refractivity contribution is 5.14. The second-order valence-corrected chi connectivity index (χ2v) is 7.88. The zero-order valence-corrected chi connectivity index (χ0v) is 16.0. The number of ether oxygens (including phenoxy) is 2. The normalized spacial score (nSPS) is 29.9. The predicted molar refractivity (Wildman–Crippen MR) is 102 cm³/mol. The van der Waals surface area contributed by atoms with Crippen molar-refractivity contribution in [2.45, 2.75) is 50.9 Å². The fourth-order valence-electron chi connectivity index (χ4n) is 4.05. The van der Waals surface area contributed by atoms with Gasteiger partial charge in [-0.25, -0.2) is 0 Å². The van der Waals surface area contributed by atoms with E-state index in [-0.39, 0.29) is 5.60 Å². The smallest absolute Gasteiger partial charge is 0.0828 e. The van der Waals surface area contributed by atoms with Crippen LogP contribution in [-0.4, -0.2) is 67.9 Å². The van der Waals surface area contributed by atoms with Crippen LogP contribution in [0.5, 0.6) is 0 Å². The molecule has 0 bridgehead atoms. The lowest BCUT2D eigenvalue weighted by Crippen LogP contribution is -2.41. The molecule has 2 atom stereocenters. The number of likely N-dealkylation sites (tertiary alicyclic amines) is 1. The van der Waals surface area contributed by atoms with Gasteiger partial charge in [0.05, 0.1) is 11.7 Å². The summed E-state index contributed by atoms with van der Waals surface area (Å²) in [5, 5.41) is 0. The van der Waals surface area contributed by atoms with Crippen molar-refractivity contribution in [2.24, 2.45) is 0 Å². The molecule has 0 N–H and O–H groups in total. The highest BCUT2D eigenvalue weighted by Gasteiger charge is 2.29. The molecule has 1 aromatic carbocycles. The molecule has 0 aromatic heterocycles. The van der Waals surface area contributed by atoms with E-state index < -0.39 is 0 Å². The molecule has 2 aliphatic rings. The third-order valence-electron chi connectivity index (χ3n) is 5.77. The van der Waals surface area contributed by atoms with Crippen LogP contribution >= 0.6 is 0 Å². The molecule has 4 heteroatoms. The van der Waals surface area contributed by atoms with Gasteiger partial charge in [0, 0.05) is 46.4 Å². The van der Waals surface area contributed by atoms with Crippen molar-refractivity contribution in [1.29, 1.82) is 0 Å². The Bertz CT molecular complexity index is 510. The number of nitrogens with zero attached hydrogens (tertiary/aromatic N) is 2. The Labute approximate surface area is 153 Å². The molecule has 25 heavy (non-hydrogen) atoms. The first-order valence-corrected chi connectivity index (χ1v) is 9.82. The lowest BCUT2D eigenvalue weighted by molar-refractivity contribution is -0.00881.